The van der Waals surface area contributed by atoms with E-state index in [1.165, 1.54) is 0 Å². The van der Waals surface area contributed by atoms with Gasteiger partial charge in [-0.2, -0.15) is 0 Å². The van der Waals surface area contributed by atoms with E-state index in [1.807, 2.05) is 48.5 Å². The molecule has 20 heavy (non-hydrogen) atoms. The number of halogens is 1. The lowest BCUT2D eigenvalue weighted by atomic mass is 9.94. The SMILES string of the molecule is NC(=O)C1(Nc2ccccc2)Cc2ccc(Cl)cc2C1. The van der Waals surface area contributed by atoms with Crippen LogP contribution in [0.15, 0.2) is 48.5 Å². The van der Waals surface area contributed by atoms with Gasteiger partial charge < -0.3 is 11.1 Å². The molecule has 102 valence electrons. The first kappa shape index (κ1) is 13.0. The Morgan fingerprint density at radius 2 is 1.80 bits per heavy atom. The van der Waals surface area contributed by atoms with E-state index >= 15 is 0 Å². The van der Waals surface area contributed by atoms with Gasteiger partial charge in [0, 0.05) is 23.6 Å². The lowest BCUT2D eigenvalue weighted by Crippen LogP contribution is -2.51. The molecule has 4 heteroatoms. The highest BCUT2D eigenvalue weighted by Crippen LogP contribution is 2.34. The monoisotopic (exact) mass is 286 g/mol. The molecular formula is C16H15ClN2O. The molecule has 0 radical (unpaired) electrons. The van der Waals surface area contributed by atoms with E-state index in [-0.39, 0.29) is 5.91 Å². The Morgan fingerprint density at radius 1 is 1.10 bits per heavy atom. The summed E-state index contributed by atoms with van der Waals surface area (Å²) in [6, 6.07) is 15.4. The summed E-state index contributed by atoms with van der Waals surface area (Å²) in [5.74, 6) is -0.339. The van der Waals surface area contributed by atoms with Gasteiger partial charge in [0.25, 0.3) is 0 Å². The molecule has 0 saturated carbocycles. The fourth-order valence-corrected chi connectivity index (χ4v) is 2.96. The summed E-state index contributed by atoms with van der Waals surface area (Å²) in [6.45, 7) is 0. The van der Waals surface area contributed by atoms with Gasteiger partial charge in [0.15, 0.2) is 0 Å². The molecule has 2 aromatic carbocycles. The zero-order valence-electron chi connectivity index (χ0n) is 10.9. The van der Waals surface area contributed by atoms with Gasteiger partial charge in [0.1, 0.15) is 5.54 Å². The van der Waals surface area contributed by atoms with Crippen molar-refractivity contribution >= 4 is 23.2 Å². The molecule has 3 N–H and O–H groups in total. The molecule has 0 spiro atoms. The minimum absolute atomic E-state index is 0.339. The van der Waals surface area contributed by atoms with E-state index in [2.05, 4.69) is 5.32 Å². The molecule has 0 heterocycles. The Kier molecular flexibility index (Phi) is 3.14. The molecule has 1 amide bonds. The molecule has 1 aliphatic carbocycles. The maximum absolute atomic E-state index is 12.0. The van der Waals surface area contributed by atoms with Crippen LogP contribution in [0.1, 0.15) is 11.1 Å². The van der Waals surface area contributed by atoms with Crippen LogP contribution < -0.4 is 11.1 Å². The fraction of sp³-hybridized carbons (Fsp3) is 0.188. The standard InChI is InChI=1S/C16H15ClN2O/c17-13-7-6-11-9-16(15(18)20,10-12(11)8-13)19-14-4-2-1-3-5-14/h1-8,19H,9-10H2,(H2,18,20). The summed E-state index contributed by atoms with van der Waals surface area (Å²) >= 11 is 6.02. The zero-order chi connectivity index (χ0) is 14.2. The Balaban J connectivity index is 1.94. The number of para-hydroxylation sites is 1. The van der Waals surface area contributed by atoms with Crippen LogP contribution in [0.3, 0.4) is 0 Å². The van der Waals surface area contributed by atoms with Crippen molar-refractivity contribution < 1.29 is 4.79 Å². The molecule has 0 aliphatic heterocycles. The molecule has 3 nitrogen and oxygen atoms in total. The molecule has 0 fully saturated rings. The van der Waals surface area contributed by atoms with Gasteiger partial charge in [-0.25, -0.2) is 0 Å². The average Bonchev–Trinajstić information content (AvgIpc) is 2.78. The number of anilines is 1. The summed E-state index contributed by atoms with van der Waals surface area (Å²) in [5.41, 5.74) is 7.99. The summed E-state index contributed by atoms with van der Waals surface area (Å²) in [6.07, 6.45) is 1.15. The van der Waals surface area contributed by atoms with E-state index in [9.17, 15) is 4.79 Å². The van der Waals surface area contributed by atoms with E-state index in [1.54, 1.807) is 0 Å². The van der Waals surface area contributed by atoms with Crippen LogP contribution >= 0.6 is 11.6 Å². The smallest absolute Gasteiger partial charge is 0.243 e. The first-order chi connectivity index (χ1) is 9.59. The number of hydrogen-bond acceptors (Lipinski definition) is 2. The molecule has 0 aromatic heterocycles. The fourth-order valence-electron chi connectivity index (χ4n) is 2.77. The second kappa shape index (κ2) is 4.84. The molecule has 3 rings (SSSR count). The van der Waals surface area contributed by atoms with Crippen molar-refractivity contribution in [3.05, 3.63) is 64.7 Å². The van der Waals surface area contributed by atoms with Crippen molar-refractivity contribution in [3.63, 3.8) is 0 Å². The summed E-state index contributed by atoms with van der Waals surface area (Å²) < 4.78 is 0. The van der Waals surface area contributed by atoms with Crippen LogP contribution in [0.4, 0.5) is 5.69 Å². The zero-order valence-corrected chi connectivity index (χ0v) is 11.7. The highest BCUT2D eigenvalue weighted by molar-refractivity contribution is 6.30. The number of benzene rings is 2. The Morgan fingerprint density at radius 3 is 2.50 bits per heavy atom. The Hall–Kier alpha value is -2.00. The number of rotatable bonds is 3. The minimum Gasteiger partial charge on any atom is -0.371 e. The number of amides is 1. The summed E-state index contributed by atoms with van der Waals surface area (Å²) in [7, 11) is 0. The summed E-state index contributed by atoms with van der Waals surface area (Å²) in [4.78, 5) is 12.0. The number of primary amides is 1. The Bertz CT molecular complexity index is 657. The summed E-state index contributed by atoms with van der Waals surface area (Å²) in [5, 5.41) is 3.99. The number of carbonyl (C=O) groups is 1. The highest BCUT2D eigenvalue weighted by atomic mass is 35.5. The van der Waals surface area contributed by atoms with Crippen molar-refractivity contribution in [1.82, 2.24) is 0 Å². The van der Waals surface area contributed by atoms with E-state index in [4.69, 9.17) is 17.3 Å². The van der Waals surface area contributed by atoms with E-state index in [0.29, 0.717) is 17.9 Å². The normalized spacial score (nSPS) is 20.4. The first-order valence-corrected chi connectivity index (χ1v) is 6.87. The van der Waals surface area contributed by atoms with Crippen molar-refractivity contribution in [1.29, 1.82) is 0 Å². The van der Waals surface area contributed by atoms with Crippen molar-refractivity contribution in [2.45, 2.75) is 18.4 Å². The molecule has 0 bridgehead atoms. The molecule has 1 aliphatic rings. The number of nitrogens with two attached hydrogens (primary N) is 1. The van der Waals surface area contributed by atoms with Crippen LogP contribution in [0, 0.1) is 0 Å². The van der Waals surface area contributed by atoms with Gasteiger partial charge in [-0.3, -0.25) is 4.79 Å². The van der Waals surface area contributed by atoms with Gasteiger partial charge >= 0.3 is 0 Å². The third-order valence-electron chi connectivity index (χ3n) is 3.78. The molecule has 0 saturated heterocycles. The average molecular weight is 287 g/mol. The van der Waals surface area contributed by atoms with Crippen molar-refractivity contribution in [2.24, 2.45) is 5.73 Å². The largest absolute Gasteiger partial charge is 0.371 e. The minimum atomic E-state index is -0.769. The van der Waals surface area contributed by atoms with Crippen LogP contribution in [0.2, 0.25) is 5.02 Å². The number of fused-ring (bicyclic) bond motifs is 1. The van der Waals surface area contributed by atoms with Gasteiger partial charge in [-0.05, 0) is 35.4 Å². The quantitative estimate of drug-likeness (QED) is 0.911. The number of hydrogen-bond donors (Lipinski definition) is 2. The Labute approximate surface area is 122 Å². The predicted octanol–water partition coefficient (Wildman–Crippen LogP) is 2.77. The first-order valence-electron chi connectivity index (χ1n) is 6.49. The maximum Gasteiger partial charge on any atom is 0.243 e. The third kappa shape index (κ3) is 2.25. The number of carbonyl (C=O) groups excluding carboxylic acids is 1. The van der Waals surface area contributed by atoms with Crippen LogP contribution in [0.25, 0.3) is 0 Å². The van der Waals surface area contributed by atoms with Crippen molar-refractivity contribution in [2.75, 3.05) is 5.32 Å². The van der Waals surface area contributed by atoms with Gasteiger partial charge in [-0.15, -0.1) is 0 Å². The van der Waals surface area contributed by atoms with Gasteiger partial charge in [0.05, 0.1) is 0 Å². The highest BCUT2D eigenvalue weighted by Gasteiger charge is 2.42. The van der Waals surface area contributed by atoms with Gasteiger partial charge in [-0.1, -0.05) is 35.9 Å². The lowest BCUT2D eigenvalue weighted by Gasteiger charge is -2.28. The van der Waals surface area contributed by atoms with E-state index < -0.39 is 5.54 Å². The second-order valence-electron chi connectivity index (χ2n) is 5.20. The topological polar surface area (TPSA) is 55.1 Å². The number of nitrogens with one attached hydrogen (secondary N) is 1. The second-order valence-corrected chi connectivity index (χ2v) is 5.64. The maximum atomic E-state index is 12.0. The van der Waals surface area contributed by atoms with Gasteiger partial charge in [0.2, 0.25) is 5.91 Å². The van der Waals surface area contributed by atoms with Crippen molar-refractivity contribution in [3.8, 4) is 0 Å². The van der Waals surface area contributed by atoms with Crippen LogP contribution in [0.5, 0.6) is 0 Å². The molecule has 1 atom stereocenters. The van der Waals surface area contributed by atoms with Crippen LogP contribution in [-0.2, 0) is 17.6 Å². The molecule has 1 unspecified atom stereocenters. The predicted molar refractivity (Wildman–Crippen MR) is 80.9 cm³/mol. The molecular weight excluding hydrogens is 272 g/mol. The van der Waals surface area contributed by atoms with E-state index in [0.717, 1.165) is 16.8 Å². The molecule has 2 aromatic rings. The van der Waals surface area contributed by atoms with Crippen LogP contribution in [-0.4, -0.2) is 11.4 Å². The third-order valence-corrected chi connectivity index (χ3v) is 4.02. The lowest BCUT2D eigenvalue weighted by molar-refractivity contribution is -0.122.